The summed E-state index contributed by atoms with van der Waals surface area (Å²) in [5.41, 5.74) is 7.20. The Morgan fingerprint density at radius 1 is 1.46 bits per heavy atom. The van der Waals surface area contributed by atoms with Crippen molar-refractivity contribution in [2.45, 2.75) is 6.92 Å². The monoisotopic (exact) mass is 175 g/mol. The maximum atomic E-state index is 5.51. The molecule has 0 atom stereocenters. The first-order valence-electron chi connectivity index (χ1n) is 3.86. The average molecular weight is 175 g/mol. The largest absolute Gasteiger partial charge is 0.384 e. The lowest BCUT2D eigenvalue weighted by Crippen LogP contribution is -1.94. The second-order valence-electron chi connectivity index (χ2n) is 2.74. The molecule has 3 N–H and O–H groups in total. The Kier molecular flexibility index (Phi) is 1.70. The first kappa shape index (κ1) is 7.72. The van der Waals surface area contributed by atoms with Crippen LogP contribution < -0.4 is 5.73 Å². The van der Waals surface area contributed by atoms with Gasteiger partial charge in [0.15, 0.2) is 5.82 Å². The molecule has 2 heterocycles. The van der Waals surface area contributed by atoms with Crippen LogP contribution in [0.4, 0.5) is 5.82 Å². The molecule has 0 fully saturated rings. The number of aryl methyl sites for hydroxylation is 1. The SMILES string of the molecule is Cc1cc(-c2nccc(N)n2)n[nH]1. The van der Waals surface area contributed by atoms with E-state index in [0.717, 1.165) is 5.69 Å². The van der Waals surface area contributed by atoms with Gasteiger partial charge >= 0.3 is 0 Å². The van der Waals surface area contributed by atoms with Gasteiger partial charge in [0, 0.05) is 11.9 Å². The van der Waals surface area contributed by atoms with E-state index in [0.29, 0.717) is 17.3 Å². The van der Waals surface area contributed by atoms with E-state index in [2.05, 4.69) is 20.2 Å². The first-order chi connectivity index (χ1) is 6.25. The number of rotatable bonds is 1. The summed E-state index contributed by atoms with van der Waals surface area (Å²) in [7, 11) is 0. The number of hydrogen-bond donors (Lipinski definition) is 2. The van der Waals surface area contributed by atoms with Crippen molar-refractivity contribution in [3.63, 3.8) is 0 Å². The quantitative estimate of drug-likeness (QED) is 0.670. The van der Waals surface area contributed by atoms with Gasteiger partial charge in [0.25, 0.3) is 0 Å². The van der Waals surface area contributed by atoms with Gasteiger partial charge in [-0.05, 0) is 19.1 Å². The molecular weight excluding hydrogens is 166 g/mol. The molecule has 13 heavy (non-hydrogen) atoms. The summed E-state index contributed by atoms with van der Waals surface area (Å²) in [6, 6.07) is 3.51. The van der Waals surface area contributed by atoms with E-state index in [1.807, 2.05) is 13.0 Å². The standard InChI is InChI=1S/C8H9N5/c1-5-4-6(13-12-5)8-10-3-2-7(9)11-8/h2-4H,1H3,(H,12,13)(H2,9,10,11). The zero-order valence-corrected chi connectivity index (χ0v) is 7.15. The summed E-state index contributed by atoms with van der Waals surface area (Å²) in [5.74, 6) is 0.995. The second-order valence-corrected chi connectivity index (χ2v) is 2.74. The van der Waals surface area contributed by atoms with Crippen molar-refractivity contribution in [3.8, 4) is 11.5 Å². The van der Waals surface area contributed by atoms with Crippen LogP contribution in [0.25, 0.3) is 11.5 Å². The van der Waals surface area contributed by atoms with Crippen LogP contribution in [0, 0.1) is 6.92 Å². The Balaban J connectivity index is 2.46. The lowest BCUT2D eigenvalue weighted by molar-refractivity contribution is 1.03. The lowest BCUT2D eigenvalue weighted by atomic mass is 10.3. The second kappa shape index (κ2) is 2.85. The van der Waals surface area contributed by atoms with E-state index in [1.165, 1.54) is 0 Å². The van der Waals surface area contributed by atoms with Gasteiger partial charge in [-0.25, -0.2) is 9.97 Å². The van der Waals surface area contributed by atoms with Crippen LogP contribution in [-0.4, -0.2) is 20.2 Å². The molecule has 66 valence electrons. The number of aromatic nitrogens is 4. The molecule has 0 saturated heterocycles. The summed E-state index contributed by atoms with van der Waals surface area (Å²) in [4.78, 5) is 8.09. The fourth-order valence-electron chi connectivity index (χ4n) is 1.03. The van der Waals surface area contributed by atoms with Crippen LogP contribution in [0.15, 0.2) is 18.3 Å². The highest BCUT2D eigenvalue weighted by molar-refractivity contribution is 5.51. The number of anilines is 1. The smallest absolute Gasteiger partial charge is 0.182 e. The molecule has 0 aromatic carbocycles. The van der Waals surface area contributed by atoms with Gasteiger partial charge in [-0.2, -0.15) is 5.10 Å². The molecule has 0 saturated carbocycles. The molecule has 5 heteroatoms. The summed E-state index contributed by atoms with van der Waals surface area (Å²) < 4.78 is 0. The van der Waals surface area contributed by atoms with Crippen LogP contribution in [0.2, 0.25) is 0 Å². The molecule has 0 aliphatic rings. The van der Waals surface area contributed by atoms with Gasteiger partial charge < -0.3 is 5.73 Å². The molecule has 0 spiro atoms. The number of hydrogen-bond acceptors (Lipinski definition) is 4. The minimum absolute atomic E-state index is 0.450. The van der Waals surface area contributed by atoms with Crippen molar-refractivity contribution < 1.29 is 0 Å². The zero-order chi connectivity index (χ0) is 9.26. The number of nitrogens with zero attached hydrogens (tertiary/aromatic N) is 3. The highest BCUT2D eigenvalue weighted by Crippen LogP contribution is 2.12. The third-order valence-electron chi connectivity index (χ3n) is 1.61. The van der Waals surface area contributed by atoms with Crippen LogP contribution in [0.5, 0.6) is 0 Å². The molecule has 0 bridgehead atoms. The fourth-order valence-corrected chi connectivity index (χ4v) is 1.03. The van der Waals surface area contributed by atoms with E-state index in [-0.39, 0.29) is 0 Å². The van der Waals surface area contributed by atoms with E-state index >= 15 is 0 Å². The average Bonchev–Trinajstić information content (AvgIpc) is 2.52. The van der Waals surface area contributed by atoms with E-state index < -0.39 is 0 Å². The van der Waals surface area contributed by atoms with Crippen LogP contribution >= 0.6 is 0 Å². The highest BCUT2D eigenvalue weighted by Gasteiger charge is 2.04. The number of nitrogens with two attached hydrogens (primary N) is 1. The van der Waals surface area contributed by atoms with Gasteiger partial charge in [0.1, 0.15) is 11.5 Å². The Morgan fingerprint density at radius 2 is 2.31 bits per heavy atom. The Labute approximate surface area is 75.0 Å². The fraction of sp³-hybridized carbons (Fsp3) is 0.125. The maximum absolute atomic E-state index is 5.51. The van der Waals surface area contributed by atoms with Crippen LogP contribution in [0.3, 0.4) is 0 Å². The van der Waals surface area contributed by atoms with Gasteiger partial charge in [0.05, 0.1) is 0 Å². The number of aromatic amines is 1. The van der Waals surface area contributed by atoms with Crippen LogP contribution in [0.1, 0.15) is 5.69 Å². The molecule has 5 nitrogen and oxygen atoms in total. The predicted molar refractivity (Wildman–Crippen MR) is 48.8 cm³/mol. The van der Waals surface area contributed by atoms with Gasteiger partial charge in [-0.15, -0.1) is 0 Å². The molecule has 2 aromatic rings. The Bertz CT molecular complexity index is 420. The zero-order valence-electron chi connectivity index (χ0n) is 7.15. The topological polar surface area (TPSA) is 80.5 Å². The van der Waals surface area contributed by atoms with Crippen molar-refractivity contribution in [2.24, 2.45) is 0 Å². The van der Waals surface area contributed by atoms with Crippen LogP contribution in [-0.2, 0) is 0 Å². The maximum Gasteiger partial charge on any atom is 0.182 e. The van der Waals surface area contributed by atoms with E-state index in [4.69, 9.17) is 5.73 Å². The van der Waals surface area contributed by atoms with Crippen molar-refractivity contribution in [1.29, 1.82) is 0 Å². The minimum Gasteiger partial charge on any atom is -0.384 e. The number of nitrogens with one attached hydrogen (secondary N) is 1. The summed E-state index contributed by atoms with van der Waals surface area (Å²) in [6.07, 6.45) is 1.61. The van der Waals surface area contributed by atoms with Gasteiger partial charge in [0.2, 0.25) is 0 Å². The third kappa shape index (κ3) is 1.48. The summed E-state index contributed by atoms with van der Waals surface area (Å²) in [6.45, 7) is 1.92. The molecule has 0 amide bonds. The number of nitrogen functional groups attached to an aromatic ring is 1. The molecular formula is C8H9N5. The summed E-state index contributed by atoms with van der Waals surface area (Å²) in [5, 5.41) is 6.84. The lowest BCUT2D eigenvalue weighted by Gasteiger charge is -1.94. The van der Waals surface area contributed by atoms with Crippen molar-refractivity contribution in [2.75, 3.05) is 5.73 Å². The normalized spacial score (nSPS) is 10.2. The molecule has 2 rings (SSSR count). The predicted octanol–water partition coefficient (Wildman–Crippen LogP) is 0.757. The molecule has 0 radical (unpaired) electrons. The Hall–Kier alpha value is -1.91. The van der Waals surface area contributed by atoms with E-state index in [9.17, 15) is 0 Å². The summed E-state index contributed by atoms with van der Waals surface area (Å²) >= 11 is 0. The molecule has 2 aromatic heterocycles. The minimum atomic E-state index is 0.450. The molecule has 0 aliphatic heterocycles. The van der Waals surface area contributed by atoms with Gasteiger partial charge in [-0.1, -0.05) is 0 Å². The third-order valence-corrected chi connectivity index (χ3v) is 1.61. The molecule has 0 unspecified atom stereocenters. The highest BCUT2D eigenvalue weighted by atomic mass is 15.1. The van der Waals surface area contributed by atoms with Crippen molar-refractivity contribution >= 4 is 5.82 Å². The molecule has 0 aliphatic carbocycles. The first-order valence-corrected chi connectivity index (χ1v) is 3.86. The van der Waals surface area contributed by atoms with Crippen molar-refractivity contribution in [3.05, 3.63) is 24.0 Å². The van der Waals surface area contributed by atoms with Gasteiger partial charge in [-0.3, -0.25) is 5.10 Å². The Morgan fingerprint density at radius 3 is 2.92 bits per heavy atom. The van der Waals surface area contributed by atoms with Crippen molar-refractivity contribution in [1.82, 2.24) is 20.2 Å². The number of H-pyrrole nitrogens is 1. The van der Waals surface area contributed by atoms with E-state index in [1.54, 1.807) is 12.3 Å².